The zero-order valence-corrected chi connectivity index (χ0v) is 17.2. The number of rotatable bonds is 9. The van der Waals surface area contributed by atoms with E-state index in [0.717, 1.165) is 30.1 Å². The van der Waals surface area contributed by atoms with Crippen molar-refractivity contribution in [2.45, 2.75) is 40.2 Å². The lowest BCUT2D eigenvalue weighted by molar-refractivity contribution is 0.103. The van der Waals surface area contributed by atoms with Crippen LogP contribution in [-0.2, 0) is 24.2 Å². The lowest BCUT2D eigenvalue weighted by atomic mass is 9.90. The first-order chi connectivity index (χ1) is 13.5. The average molecular weight is 380 g/mol. The number of hydrogen-bond donors (Lipinski definition) is 0. The first kappa shape index (κ1) is 20.1. The van der Waals surface area contributed by atoms with E-state index in [1.54, 1.807) is 7.11 Å². The van der Waals surface area contributed by atoms with E-state index >= 15 is 0 Å². The van der Waals surface area contributed by atoms with Crippen LogP contribution in [0.1, 0.15) is 38.0 Å². The van der Waals surface area contributed by atoms with Gasteiger partial charge in [0.15, 0.2) is 5.82 Å². The van der Waals surface area contributed by atoms with Crippen molar-refractivity contribution in [1.29, 1.82) is 0 Å². The summed E-state index contributed by atoms with van der Waals surface area (Å²) in [4.78, 5) is 4.78. The summed E-state index contributed by atoms with van der Waals surface area (Å²) >= 11 is 0. The number of benzene rings is 2. The van der Waals surface area contributed by atoms with Crippen LogP contribution in [0.25, 0.3) is 5.69 Å². The molecule has 0 aliphatic heterocycles. The Morgan fingerprint density at radius 2 is 1.71 bits per heavy atom. The smallest absolute Gasteiger partial charge is 0.188 e. The second-order valence-electron chi connectivity index (χ2n) is 7.75. The molecule has 5 nitrogen and oxygen atoms in total. The fourth-order valence-electron chi connectivity index (χ4n) is 3.18. The molecule has 0 aliphatic carbocycles. The summed E-state index contributed by atoms with van der Waals surface area (Å²) in [5.74, 6) is 2.40. The van der Waals surface area contributed by atoms with Crippen LogP contribution in [0.2, 0.25) is 0 Å². The molecule has 0 unspecified atom stereocenters. The fourth-order valence-corrected chi connectivity index (χ4v) is 3.18. The molecule has 28 heavy (non-hydrogen) atoms. The number of nitrogens with zero attached hydrogens (tertiary/aromatic N) is 3. The highest BCUT2D eigenvalue weighted by Gasteiger charge is 2.23. The molecule has 0 saturated heterocycles. The molecule has 3 rings (SSSR count). The van der Waals surface area contributed by atoms with Crippen molar-refractivity contribution >= 4 is 0 Å². The standard InChI is InChI=1S/C23H29N3O2/c1-5-18-11-13-19(14-12-18)26-22(15-23(2,3)17-27-4)24-21(25-26)16-28-20-9-7-6-8-10-20/h6-14H,5,15-17H2,1-4H3. The average Bonchev–Trinajstić information content (AvgIpc) is 3.09. The van der Waals surface area contributed by atoms with Gasteiger partial charge in [0.1, 0.15) is 18.2 Å². The molecule has 0 bridgehead atoms. The van der Waals surface area contributed by atoms with Crippen LogP contribution in [0.4, 0.5) is 0 Å². The van der Waals surface area contributed by atoms with Crippen molar-refractivity contribution in [1.82, 2.24) is 14.8 Å². The van der Waals surface area contributed by atoms with E-state index in [-0.39, 0.29) is 5.41 Å². The van der Waals surface area contributed by atoms with Gasteiger partial charge in [-0.05, 0) is 41.7 Å². The quantitative estimate of drug-likeness (QED) is 0.544. The van der Waals surface area contributed by atoms with Crippen molar-refractivity contribution in [2.75, 3.05) is 13.7 Å². The Balaban J connectivity index is 1.87. The van der Waals surface area contributed by atoms with E-state index in [4.69, 9.17) is 19.6 Å². The van der Waals surface area contributed by atoms with Gasteiger partial charge in [0.25, 0.3) is 0 Å². The minimum absolute atomic E-state index is 0.0412. The number of ether oxygens (including phenoxy) is 2. The van der Waals surface area contributed by atoms with Gasteiger partial charge in [-0.2, -0.15) is 0 Å². The second-order valence-corrected chi connectivity index (χ2v) is 7.75. The molecule has 148 valence electrons. The van der Waals surface area contributed by atoms with Gasteiger partial charge >= 0.3 is 0 Å². The number of methoxy groups -OCH3 is 1. The largest absolute Gasteiger partial charge is 0.486 e. The third kappa shape index (κ3) is 5.20. The van der Waals surface area contributed by atoms with Gasteiger partial charge in [0, 0.05) is 13.5 Å². The molecule has 1 aromatic heterocycles. The van der Waals surface area contributed by atoms with E-state index in [1.165, 1.54) is 5.56 Å². The molecule has 0 aliphatic rings. The van der Waals surface area contributed by atoms with Crippen LogP contribution in [0, 0.1) is 5.41 Å². The number of para-hydroxylation sites is 1. The first-order valence-corrected chi connectivity index (χ1v) is 9.71. The molecular weight excluding hydrogens is 350 g/mol. The van der Waals surface area contributed by atoms with E-state index in [0.29, 0.717) is 19.0 Å². The van der Waals surface area contributed by atoms with Crippen LogP contribution in [0.15, 0.2) is 54.6 Å². The molecular formula is C23H29N3O2. The Kier molecular flexibility index (Phi) is 6.47. The van der Waals surface area contributed by atoms with Crippen molar-refractivity contribution < 1.29 is 9.47 Å². The summed E-state index contributed by atoms with van der Waals surface area (Å²) < 4.78 is 13.2. The molecule has 0 N–H and O–H groups in total. The summed E-state index contributed by atoms with van der Waals surface area (Å²) in [6.45, 7) is 7.50. The normalized spacial score (nSPS) is 11.6. The third-order valence-corrected chi connectivity index (χ3v) is 4.59. The van der Waals surface area contributed by atoms with Crippen molar-refractivity contribution in [3.63, 3.8) is 0 Å². The van der Waals surface area contributed by atoms with Gasteiger partial charge in [0.05, 0.1) is 12.3 Å². The van der Waals surface area contributed by atoms with Crippen LogP contribution in [0.5, 0.6) is 5.75 Å². The molecule has 5 heteroatoms. The van der Waals surface area contributed by atoms with Crippen molar-refractivity contribution in [3.05, 3.63) is 71.8 Å². The summed E-state index contributed by atoms with van der Waals surface area (Å²) in [7, 11) is 1.73. The number of aromatic nitrogens is 3. The Morgan fingerprint density at radius 1 is 1.00 bits per heavy atom. The molecule has 0 spiro atoms. The summed E-state index contributed by atoms with van der Waals surface area (Å²) in [6, 6.07) is 18.2. The first-order valence-electron chi connectivity index (χ1n) is 9.71. The minimum atomic E-state index is -0.0412. The molecule has 2 aromatic carbocycles. The lowest BCUT2D eigenvalue weighted by Crippen LogP contribution is -2.23. The van der Waals surface area contributed by atoms with E-state index in [9.17, 15) is 0 Å². The Morgan fingerprint density at radius 3 is 2.36 bits per heavy atom. The van der Waals surface area contributed by atoms with Crippen molar-refractivity contribution in [3.8, 4) is 11.4 Å². The highest BCUT2D eigenvalue weighted by atomic mass is 16.5. The monoisotopic (exact) mass is 379 g/mol. The Bertz CT molecular complexity index is 871. The van der Waals surface area contributed by atoms with Gasteiger partial charge in [-0.3, -0.25) is 0 Å². The topological polar surface area (TPSA) is 49.2 Å². The zero-order chi connectivity index (χ0) is 20.0. The molecule has 0 fully saturated rings. The van der Waals surface area contributed by atoms with E-state index < -0.39 is 0 Å². The third-order valence-electron chi connectivity index (χ3n) is 4.59. The lowest BCUT2D eigenvalue weighted by Gasteiger charge is -2.23. The van der Waals surface area contributed by atoms with Crippen molar-refractivity contribution in [2.24, 2.45) is 5.41 Å². The van der Waals surface area contributed by atoms with Gasteiger partial charge in [0.2, 0.25) is 0 Å². The van der Waals surface area contributed by atoms with Crippen LogP contribution < -0.4 is 4.74 Å². The summed E-state index contributed by atoms with van der Waals surface area (Å²) in [5, 5.41) is 4.74. The number of aryl methyl sites for hydroxylation is 1. The summed E-state index contributed by atoms with van der Waals surface area (Å²) in [5.41, 5.74) is 2.28. The van der Waals surface area contributed by atoms with Crippen LogP contribution in [0.3, 0.4) is 0 Å². The van der Waals surface area contributed by atoms with Crippen LogP contribution >= 0.6 is 0 Å². The maximum absolute atomic E-state index is 5.85. The minimum Gasteiger partial charge on any atom is -0.486 e. The van der Waals surface area contributed by atoms with Gasteiger partial charge in [-0.1, -0.05) is 51.1 Å². The maximum Gasteiger partial charge on any atom is 0.188 e. The predicted molar refractivity (Wildman–Crippen MR) is 111 cm³/mol. The van der Waals surface area contributed by atoms with Crippen LogP contribution in [-0.4, -0.2) is 28.5 Å². The zero-order valence-electron chi connectivity index (χ0n) is 17.2. The number of hydrogen-bond acceptors (Lipinski definition) is 4. The molecule has 0 amide bonds. The molecule has 3 aromatic rings. The molecule has 0 atom stereocenters. The molecule has 1 heterocycles. The maximum atomic E-state index is 5.85. The van der Waals surface area contributed by atoms with Gasteiger partial charge in [-0.25, -0.2) is 9.67 Å². The molecule has 0 saturated carbocycles. The SMILES string of the molecule is CCc1ccc(-n2nc(COc3ccccc3)nc2CC(C)(C)COC)cc1. The Hall–Kier alpha value is -2.66. The van der Waals surface area contributed by atoms with Gasteiger partial charge < -0.3 is 9.47 Å². The fraction of sp³-hybridized carbons (Fsp3) is 0.391. The Labute approximate surface area is 167 Å². The van der Waals surface area contributed by atoms with Gasteiger partial charge in [-0.15, -0.1) is 5.10 Å². The van der Waals surface area contributed by atoms with E-state index in [1.807, 2.05) is 35.0 Å². The second kappa shape index (κ2) is 9.02. The highest BCUT2D eigenvalue weighted by Crippen LogP contribution is 2.23. The predicted octanol–water partition coefficient (Wildman–Crippen LogP) is 4.62. The van der Waals surface area contributed by atoms with E-state index in [2.05, 4.69) is 45.0 Å². The highest BCUT2D eigenvalue weighted by molar-refractivity contribution is 5.35. The molecule has 0 radical (unpaired) electrons. The summed E-state index contributed by atoms with van der Waals surface area (Å²) in [6.07, 6.45) is 1.77.